The smallest absolute Gasteiger partial charge is 0.0647 e. The van der Waals surface area contributed by atoms with Crippen molar-refractivity contribution in [3.63, 3.8) is 0 Å². The summed E-state index contributed by atoms with van der Waals surface area (Å²) in [7, 11) is 8.00. The molecule has 5 nitrogen and oxygen atoms in total. The fraction of sp³-hybridized carbons (Fsp3) is 0.800. The van der Waals surface area contributed by atoms with Crippen LogP contribution in [0.5, 0.6) is 0 Å². The molecule has 0 bridgehead atoms. The molecule has 0 saturated heterocycles. The third-order valence-corrected chi connectivity index (χ3v) is 0. The predicted octanol–water partition coefficient (Wildman–Crippen LogP) is -4.83. The second-order valence-electron chi connectivity index (χ2n) is 1.40. The lowest BCUT2D eigenvalue weighted by Crippen LogP contribution is -2.74. The van der Waals surface area contributed by atoms with Gasteiger partial charge >= 0.3 is 0 Å². The van der Waals surface area contributed by atoms with Crippen LogP contribution in [0.3, 0.4) is 0 Å². The zero-order valence-electron chi connectivity index (χ0n) is 6.88. The predicted molar refractivity (Wildman–Crippen MR) is 32.9 cm³/mol. The van der Waals surface area contributed by atoms with Gasteiger partial charge in [-0.1, -0.05) is 0 Å². The first-order chi connectivity index (χ1) is 4.56. The molecule has 0 saturated carbocycles. The third-order valence-electron chi connectivity index (χ3n) is 0. The van der Waals surface area contributed by atoms with E-state index in [1.165, 1.54) is 0 Å². The number of carbonyl (C=O) groups excluding carboxylic acids is 1. The summed E-state index contributed by atoms with van der Waals surface area (Å²) in [6, 6.07) is 0. The van der Waals surface area contributed by atoms with E-state index in [4.69, 9.17) is 15.0 Å². The maximum absolute atomic E-state index is 8.33. The van der Waals surface area contributed by atoms with E-state index in [0.717, 1.165) is 0 Å². The summed E-state index contributed by atoms with van der Waals surface area (Å²) in [5.41, 5.74) is 0. The molecule has 0 heterocycles. The summed E-state index contributed by atoms with van der Waals surface area (Å²) in [5, 5.41) is 20.7. The number of quaternary nitrogens is 2. The van der Waals surface area contributed by atoms with E-state index < -0.39 is 6.16 Å². The minimum atomic E-state index is -2.33. The lowest BCUT2D eigenvalue weighted by Gasteiger charge is -1.96. The minimum absolute atomic E-state index is 2.00. The SMILES string of the molecule is C[NH2+]C.C[NH2+]C.O=C([O-])[O-]. The number of carbonyl (C=O) groups is 1. The average Bonchev–Trinajstić information content (AvgIpc) is 1.65. The van der Waals surface area contributed by atoms with Crippen LogP contribution in [0.15, 0.2) is 0 Å². The Kier molecular flexibility index (Phi) is 38.8. The Morgan fingerprint density at radius 3 is 1.00 bits per heavy atom. The molecule has 5 heteroatoms. The van der Waals surface area contributed by atoms with Gasteiger partial charge in [0.1, 0.15) is 0 Å². The number of carboxylic acid groups (broad SMARTS) is 2. The molecule has 10 heavy (non-hydrogen) atoms. The molecular formula is C5H16N2O3. The van der Waals surface area contributed by atoms with Crippen molar-refractivity contribution in [1.29, 1.82) is 0 Å². The standard InChI is InChI=1S/2C2H7N.CH2O3/c2*1-3-2;2-1(3)4/h2*3H,1-2H3;(H2,2,3,4). The van der Waals surface area contributed by atoms with Crippen molar-refractivity contribution < 1.29 is 25.6 Å². The third kappa shape index (κ3) is 420. The second-order valence-corrected chi connectivity index (χ2v) is 1.40. The Balaban J connectivity index is -0.0000000750. The highest BCUT2D eigenvalue weighted by molar-refractivity contribution is 5.47. The van der Waals surface area contributed by atoms with E-state index in [1.54, 1.807) is 0 Å². The van der Waals surface area contributed by atoms with Crippen molar-refractivity contribution >= 4 is 6.16 Å². The quantitative estimate of drug-likeness (QED) is 0.364. The Morgan fingerprint density at radius 2 is 1.00 bits per heavy atom. The van der Waals surface area contributed by atoms with Gasteiger partial charge in [-0.15, -0.1) is 0 Å². The van der Waals surface area contributed by atoms with E-state index in [9.17, 15) is 0 Å². The van der Waals surface area contributed by atoms with Crippen molar-refractivity contribution in [3.05, 3.63) is 0 Å². The molecule has 0 aromatic carbocycles. The van der Waals surface area contributed by atoms with E-state index in [2.05, 4.69) is 0 Å². The topological polar surface area (TPSA) is 96.4 Å². The first kappa shape index (κ1) is 16.1. The average molecular weight is 152 g/mol. The molecule has 0 fully saturated rings. The summed E-state index contributed by atoms with van der Waals surface area (Å²) in [6.07, 6.45) is -2.33. The summed E-state index contributed by atoms with van der Waals surface area (Å²) < 4.78 is 0. The van der Waals surface area contributed by atoms with Gasteiger partial charge in [0.2, 0.25) is 0 Å². The largest absolute Gasteiger partial charge is 0.652 e. The van der Waals surface area contributed by atoms with Gasteiger partial charge in [-0.2, -0.15) is 0 Å². The summed E-state index contributed by atoms with van der Waals surface area (Å²) in [4.78, 5) is 8.33. The highest BCUT2D eigenvalue weighted by Gasteiger charge is 1.29. The zero-order chi connectivity index (χ0) is 8.99. The molecule has 0 rings (SSSR count). The van der Waals surface area contributed by atoms with E-state index in [1.807, 2.05) is 38.8 Å². The van der Waals surface area contributed by atoms with Crippen LogP contribution < -0.4 is 20.8 Å². The molecular weight excluding hydrogens is 136 g/mol. The van der Waals surface area contributed by atoms with Crippen molar-refractivity contribution in [1.82, 2.24) is 0 Å². The van der Waals surface area contributed by atoms with Gasteiger partial charge in [-0.05, 0) is 6.16 Å². The van der Waals surface area contributed by atoms with Crippen molar-refractivity contribution in [2.45, 2.75) is 0 Å². The van der Waals surface area contributed by atoms with Crippen LogP contribution in [-0.2, 0) is 0 Å². The Labute approximate surface area is 61.1 Å². The molecule has 0 atom stereocenters. The van der Waals surface area contributed by atoms with Crippen LogP contribution >= 0.6 is 0 Å². The van der Waals surface area contributed by atoms with E-state index in [-0.39, 0.29) is 0 Å². The Hall–Kier alpha value is -0.810. The number of hydrogen-bond acceptors (Lipinski definition) is 3. The first-order valence-electron chi connectivity index (χ1n) is 2.92. The first-order valence-corrected chi connectivity index (χ1v) is 2.92. The normalized spacial score (nSPS) is 6.00. The molecule has 0 aromatic heterocycles. The molecule has 0 unspecified atom stereocenters. The molecule has 0 aliphatic carbocycles. The van der Waals surface area contributed by atoms with Crippen LogP contribution in [0.1, 0.15) is 0 Å². The molecule has 0 amide bonds. The van der Waals surface area contributed by atoms with Crippen molar-refractivity contribution in [2.24, 2.45) is 0 Å². The number of rotatable bonds is 0. The fourth-order valence-corrected chi connectivity index (χ4v) is 0. The number of nitrogens with two attached hydrogens (primary N) is 2. The van der Waals surface area contributed by atoms with E-state index in [0.29, 0.717) is 0 Å². The zero-order valence-corrected chi connectivity index (χ0v) is 6.88. The lowest BCUT2D eigenvalue weighted by molar-refractivity contribution is -0.597. The van der Waals surface area contributed by atoms with Gasteiger partial charge in [0, 0.05) is 0 Å². The molecule has 0 radical (unpaired) electrons. The van der Waals surface area contributed by atoms with Gasteiger partial charge in [-0.3, -0.25) is 0 Å². The molecule has 4 N–H and O–H groups in total. The maximum Gasteiger partial charge on any atom is 0.0647 e. The van der Waals surface area contributed by atoms with Crippen molar-refractivity contribution in [2.75, 3.05) is 28.2 Å². The van der Waals surface area contributed by atoms with Crippen LogP contribution in [0, 0.1) is 0 Å². The monoisotopic (exact) mass is 152 g/mol. The maximum atomic E-state index is 8.33. The minimum Gasteiger partial charge on any atom is -0.652 e. The Bertz CT molecular complexity index is 52.9. The molecule has 0 aromatic rings. The highest BCUT2D eigenvalue weighted by atomic mass is 16.6. The van der Waals surface area contributed by atoms with Gasteiger partial charge < -0.3 is 25.6 Å². The van der Waals surface area contributed by atoms with Crippen LogP contribution in [0.25, 0.3) is 0 Å². The van der Waals surface area contributed by atoms with Crippen LogP contribution in [0.2, 0.25) is 0 Å². The number of hydrogen-bond donors (Lipinski definition) is 2. The van der Waals surface area contributed by atoms with Gasteiger partial charge in [-0.25, -0.2) is 0 Å². The van der Waals surface area contributed by atoms with Crippen LogP contribution in [0.4, 0.5) is 4.79 Å². The molecule has 64 valence electrons. The van der Waals surface area contributed by atoms with Gasteiger partial charge in [0.05, 0.1) is 28.2 Å². The summed E-state index contributed by atoms with van der Waals surface area (Å²) in [5.74, 6) is 0. The van der Waals surface area contributed by atoms with E-state index >= 15 is 0 Å². The molecule has 0 aliphatic heterocycles. The summed E-state index contributed by atoms with van der Waals surface area (Å²) >= 11 is 0. The van der Waals surface area contributed by atoms with Gasteiger partial charge in [0.15, 0.2) is 0 Å². The Morgan fingerprint density at radius 1 is 1.00 bits per heavy atom. The van der Waals surface area contributed by atoms with Crippen LogP contribution in [-0.4, -0.2) is 34.3 Å². The fourth-order valence-electron chi connectivity index (χ4n) is 0. The van der Waals surface area contributed by atoms with Crippen molar-refractivity contribution in [3.8, 4) is 0 Å². The highest BCUT2D eigenvalue weighted by Crippen LogP contribution is 1.21. The van der Waals surface area contributed by atoms with Gasteiger partial charge in [0.25, 0.3) is 0 Å². The molecule has 0 aliphatic rings. The lowest BCUT2D eigenvalue weighted by atomic mass is 11.3. The summed E-state index contributed by atoms with van der Waals surface area (Å²) in [6.45, 7) is 0. The second kappa shape index (κ2) is 24.1. The molecule has 0 spiro atoms.